The smallest absolute Gasteiger partial charge is 0.134 e. The Hall–Kier alpha value is -1.17. The fourth-order valence-corrected chi connectivity index (χ4v) is 2.97. The summed E-state index contributed by atoms with van der Waals surface area (Å²) in [7, 11) is 0. The number of rotatable bonds is 4. The molecule has 0 radical (unpaired) electrons. The van der Waals surface area contributed by atoms with Gasteiger partial charge in [0.1, 0.15) is 5.82 Å². The molecule has 0 saturated carbocycles. The van der Waals surface area contributed by atoms with E-state index in [4.69, 9.17) is 4.74 Å². The van der Waals surface area contributed by atoms with Crippen LogP contribution in [0.3, 0.4) is 0 Å². The predicted octanol–water partition coefficient (Wildman–Crippen LogP) is 2.04. The number of aromatic nitrogens is 1. The number of ether oxygens (including phenoxy) is 1. The summed E-state index contributed by atoms with van der Waals surface area (Å²) in [5, 5.41) is 6.77. The summed E-state index contributed by atoms with van der Waals surface area (Å²) in [6.07, 6.45) is 1.87. The largest absolute Gasteiger partial charge is 0.379 e. The van der Waals surface area contributed by atoms with E-state index in [0.717, 1.165) is 45.2 Å². The molecule has 0 spiro atoms. The lowest BCUT2D eigenvalue weighted by atomic mass is 10.3. The third-order valence-corrected chi connectivity index (χ3v) is 4.09. The quantitative estimate of drug-likeness (QED) is 0.916. The Morgan fingerprint density at radius 1 is 1.33 bits per heavy atom. The van der Waals surface area contributed by atoms with Crippen LogP contribution in [0.4, 0.5) is 5.82 Å². The first-order valence-corrected chi connectivity index (χ1v) is 7.17. The van der Waals surface area contributed by atoms with Gasteiger partial charge in [0.15, 0.2) is 0 Å². The predicted molar refractivity (Wildman–Crippen MR) is 75.4 cm³/mol. The van der Waals surface area contributed by atoms with Crippen molar-refractivity contribution in [1.29, 1.82) is 0 Å². The molecule has 0 aliphatic carbocycles. The fourth-order valence-electron chi connectivity index (χ4n) is 2.19. The monoisotopic (exact) mass is 263 g/mol. The molecule has 0 bridgehead atoms. The van der Waals surface area contributed by atoms with Crippen LogP contribution in [0.5, 0.6) is 0 Å². The van der Waals surface area contributed by atoms with E-state index in [0.29, 0.717) is 0 Å². The van der Waals surface area contributed by atoms with Crippen LogP contribution in [0.1, 0.15) is 0 Å². The number of hydrogen-bond acceptors (Lipinski definition) is 5. The van der Waals surface area contributed by atoms with Crippen molar-refractivity contribution in [3.63, 3.8) is 0 Å². The molecular formula is C13H17N3OS. The van der Waals surface area contributed by atoms with Crippen molar-refractivity contribution in [2.24, 2.45) is 0 Å². The minimum Gasteiger partial charge on any atom is -0.379 e. The van der Waals surface area contributed by atoms with Gasteiger partial charge >= 0.3 is 0 Å². The maximum Gasteiger partial charge on any atom is 0.134 e. The van der Waals surface area contributed by atoms with Gasteiger partial charge in [-0.15, -0.1) is 11.3 Å². The molecule has 5 heteroatoms. The first kappa shape index (κ1) is 11.9. The lowest BCUT2D eigenvalue weighted by Gasteiger charge is -2.26. The van der Waals surface area contributed by atoms with Crippen molar-refractivity contribution >= 4 is 27.2 Å². The van der Waals surface area contributed by atoms with Crippen molar-refractivity contribution in [2.75, 3.05) is 44.7 Å². The van der Waals surface area contributed by atoms with Crippen molar-refractivity contribution < 1.29 is 4.74 Å². The van der Waals surface area contributed by atoms with Crippen LogP contribution in [0.15, 0.2) is 23.7 Å². The number of thiophene rings is 1. The molecule has 1 saturated heterocycles. The molecule has 1 N–H and O–H groups in total. The molecule has 1 aliphatic rings. The average molecular weight is 263 g/mol. The van der Waals surface area contributed by atoms with Gasteiger partial charge in [0.2, 0.25) is 0 Å². The summed E-state index contributed by atoms with van der Waals surface area (Å²) in [6.45, 7) is 5.78. The molecule has 0 unspecified atom stereocenters. The van der Waals surface area contributed by atoms with Crippen molar-refractivity contribution in [3.8, 4) is 0 Å². The van der Waals surface area contributed by atoms with Crippen molar-refractivity contribution in [3.05, 3.63) is 23.7 Å². The van der Waals surface area contributed by atoms with Crippen molar-refractivity contribution in [1.82, 2.24) is 9.88 Å². The van der Waals surface area contributed by atoms with Crippen LogP contribution in [-0.2, 0) is 4.74 Å². The van der Waals surface area contributed by atoms with Gasteiger partial charge in [0.25, 0.3) is 0 Å². The summed E-state index contributed by atoms with van der Waals surface area (Å²) in [6, 6.07) is 4.19. The summed E-state index contributed by atoms with van der Waals surface area (Å²) in [5.74, 6) is 1.00. The van der Waals surface area contributed by atoms with E-state index in [1.807, 2.05) is 6.20 Å². The molecule has 18 heavy (non-hydrogen) atoms. The summed E-state index contributed by atoms with van der Waals surface area (Å²) < 4.78 is 6.63. The molecule has 0 aromatic carbocycles. The Bertz CT molecular complexity index is 508. The van der Waals surface area contributed by atoms with Crippen LogP contribution >= 0.6 is 11.3 Å². The number of fused-ring (bicyclic) bond motifs is 1. The van der Waals surface area contributed by atoms with Gasteiger partial charge in [-0.2, -0.15) is 0 Å². The fraction of sp³-hybridized carbons (Fsp3) is 0.462. The summed E-state index contributed by atoms with van der Waals surface area (Å²) >= 11 is 1.76. The Kier molecular flexibility index (Phi) is 3.73. The maximum atomic E-state index is 5.34. The number of morpholine rings is 1. The topological polar surface area (TPSA) is 37.4 Å². The van der Waals surface area contributed by atoms with Crippen LogP contribution in [-0.4, -0.2) is 49.3 Å². The van der Waals surface area contributed by atoms with Crippen LogP contribution in [0.2, 0.25) is 0 Å². The SMILES string of the molecule is c1cc2sccc2c(NCCN2CCOCC2)n1. The third-order valence-electron chi connectivity index (χ3n) is 3.20. The van der Waals surface area contributed by atoms with Crippen LogP contribution in [0.25, 0.3) is 10.1 Å². The normalized spacial score (nSPS) is 17.1. The molecule has 96 valence electrons. The zero-order valence-corrected chi connectivity index (χ0v) is 11.1. The van der Waals surface area contributed by atoms with Gasteiger partial charge in [-0.25, -0.2) is 4.98 Å². The number of pyridine rings is 1. The molecule has 1 fully saturated rings. The summed E-state index contributed by atoms with van der Waals surface area (Å²) in [4.78, 5) is 6.83. The first-order chi connectivity index (χ1) is 8.93. The summed E-state index contributed by atoms with van der Waals surface area (Å²) in [5.41, 5.74) is 0. The van der Waals surface area contributed by atoms with Crippen LogP contribution in [0, 0.1) is 0 Å². The zero-order valence-electron chi connectivity index (χ0n) is 10.3. The van der Waals surface area contributed by atoms with Crippen LogP contribution < -0.4 is 5.32 Å². The Labute approximate surface area is 111 Å². The Morgan fingerprint density at radius 2 is 2.22 bits per heavy atom. The Morgan fingerprint density at radius 3 is 3.11 bits per heavy atom. The van der Waals surface area contributed by atoms with E-state index in [9.17, 15) is 0 Å². The Balaban J connectivity index is 1.57. The minimum absolute atomic E-state index is 0.859. The third kappa shape index (κ3) is 2.63. The van der Waals surface area contributed by atoms with E-state index in [1.54, 1.807) is 11.3 Å². The number of hydrogen-bond donors (Lipinski definition) is 1. The molecule has 3 heterocycles. The van der Waals surface area contributed by atoms with Gasteiger partial charge in [-0.05, 0) is 17.5 Å². The van der Waals surface area contributed by atoms with Crippen molar-refractivity contribution in [2.45, 2.75) is 0 Å². The highest BCUT2D eigenvalue weighted by Gasteiger charge is 2.09. The lowest BCUT2D eigenvalue weighted by Crippen LogP contribution is -2.39. The molecule has 1 aliphatic heterocycles. The van der Waals surface area contributed by atoms with E-state index in [2.05, 4.69) is 32.7 Å². The number of nitrogens with zero attached hydrogens (tertiary/aromatic N) is 2. The second kappa shape index (κ2) is 5.65. The molecule has 4 nitrogen and oxygen atoms in total. The lowest BCUT2D eigenvalue weighted by molar-refractivity contribution is 0.0398. The highest BCUT2D eigenvalue weighted by Crippen LogP contribution is 2.25. The van der Waals surface area contributed by atoms with Gasteiger partial charge in [-0.1, -0.05) is 0 Å². The second-order valence-corrected chi connectivity index (χ2v) is 5.32. The van der Waals surface area contributed by atoms with Gasteiger partial charge in [0, 0.05) is 42.5 Å². The second-order valence-electron chi connectivity index (χ2n) is 4.37. The van der Waals surface area contributed by atoms with E-state index in [-0.39, 0.29) is 0 Å². The molecule has 0 atom stereocenters. The van der Waals surface area contributed by atoms with Gasteiger partial charge < -0.3 is 10.1 Å². The van der Waals surface area contributed by atoms with E-state index < -0.39 is 0 Å². The number of nitrogens with one attached hydrogen (secondary N) is 1. The van der Waals surface area contributed by atoms with Gasteiger partial charge in [-0.3, -0.25) is 4.90 Å². The molecule has 2 aromatic rings. The van der Waals surface area contributed by atoms with E-state index in [1.165, 1.54) is 10.1 Å². The minimum atomic E-state index is 0.859. The maximum absolute atomic E-state index is 5.34. The highest BCUT2D eigenvalue weighted by molar-refractivity contribution is 7.17. The molecule has 0 amide bonds. The van der Waals surface area contributed by atoms with Gasteiger partial charge in [0.05, 0.1) is 13.2 Å². The number of anilines is 1. The zero-order chi connectivity index (χ0) is 12.2. The van der Waals surface area contributed by atoms with E-state index >= 15 is 0 Å². The molecule has 2 aromatic heterocycles. The standard InChI is InChI=1S/C13H17N3OS/c1-3-14-13(11-2-10-18-12(1)11)15-4-5-16-6-8-17-9-7-16/h1-3,10H,4-9H2,(H,14,15). The highest BCUT2D eigenvalue weighted by atomic mass is 32.1. The molecule has 3 rings (SSSR count). The average Bonchev–Trinajstić information content (AvgIpc) is 2.89. The molecular weight excluding hydrogens is 246 g/mol. The first-order valence-electron chi connectivity index (χ1n) is 6.30.